The number of hydrogen-bond donors (Lipinski definition) is 2. The van der Waals surface area contributed by atoms with Gasteiger partial charge in [-0.15, -0.1) is 0 Å². The molecule has 4 aromatic rings. The molecule has 1 saturated carbocycles. The van der Waals surface area contributed by atoms with Crippen LogP contribution in [0, 0.1) is 12.3 Å². The van der Waals surface area contributed by atoms with Gasteiger partial charge in [0.1, 0.15) is 17.5 Å². The molecule has 312 valence electrons. The second-order valence-corrected chi connectivity index (χ2v) is 17.3. The van der Waals surface area contributed by atoms with Gasteiger partial charge in [-0.05, 0) is 81.2 Å². The van der Waals surface area contributed by atoms with Crippen molar-refractivity contribution in [2.75, 3.05) is 60.9 Å². The molecule has 60 heavy (non-hydrogen) atoms. The van der Waals surface area contributed by atoms with Gasteiger partial charge >= 0.3 is 0 Å². The average molecular weight is 815 g/mol. The first-order valence-electron chi connectivity index (χ1n) is 21.1. The van der Waals surface area contributed by atoms with Crippen LogP contribution < -0.4 is 26.0 Å². The van der Waals surface area contributed by atoms with Gasteiger partial charge in [0.25, 0.3) is 17.4 Å². The zero-order chi connectivity index (χ0) is 41.9. The number of rotatable bonds is 9. The number of aryl methyl sites for hydroxylation is 1. The monoisotopic (exact) mass is 814 g/mol. The molecule has 3 saturated heterocycles. The SMILES string of the molecule is CC(=O)c1c(C)c2cnc(Nc3ccc(N4CCN(CC5(C)CCN(c6cccc7c6C(=O)N(C6CCC(=O)NC6=O)C7=O)CC5)CC4)cn3)nc2n(C2CCCC2)c1=O. The standard InChI is InChI=1S/C44H50N10O6/c1-26-31-24-46-43(49-38(31)53(28-7-4-5-8-28)41(59)36(26)27(2)55)47-34-13-11-29(23-45-34)51-21-19-50(20-22-51)25-44(3)15-17-52(18-16-44)32-10-6-9-30-37(32)42(60)54(40(30)58)33-12-14-35(56)48-39(33)57/h6,9-11,13,23-24,28,33H,4-5,7-8,12,14-22,25H2,1-3H3,(H,48,56,57)(H,45,46,47,49). The quantitative estimate of drug-likeness (QED) is 0.180. The van der Waals surface area contributed by atoms with Crippen molar-refractivity contribution in [2.45, 2.75) is 84.2 Å². The zero-order valence-electron chi connectivity index (χ0n) is 34.3. The van der Waals surface area contributed by atoms with Gasteiger partial charge in [0.05, 0.1) is 34.3 Å². The summed E-state index contributed by atoms with van der Waals surface area (Å²) in [5, 5.41) is 6.19. The van der Waals surface area contributed by atoms with Crippen molar-refractivity contribution >= 4 is 63.6 Å². The number of benzene rings is 1. The van der Waals surface area contributed by atoms with Crippen LogP contribution in [0.2, 0.25) is 0 Å². The molecule has 1 unspecified atom stereocenters. The van der Waals surface area contributed by atoms with Gasteiger partial charge in [-0.1, -0.05) is 25.8 Å². The maximum Gasteiger partial charge on any atom is 0.264 e. The number of nitrogens with zero attached hydrogens (tertiary/aromatic N) is 8. The number of amides is 4. The first kappa shape index (κ1) is 39.4. The van der Waals surface area contributed by atoms with Gasteiger partial charge in [-0.25, -0.2) is 9.97 Å². The average Bonchev–Trinajstić information content (AvgIpc) is 3.85. The lowest BCUT2D eigenvalue weighted by Gasteiger charge is -2.45. The van der Waals surface area contributed by atoms with E-state index in [4.69, 9.17) is 4.98 Å². The molecule has 4 fully saturated rings. The van der Waals surface area contributed by atoms with Crippen LogP contribution in [0.1, 0.15) is 108 Å². The van der Waals surface area contributed by atoms with Crippen LogP contribution in [0.4, 0.5) is 23.1 Å². The molecule has 9 rings (SSSR count). The second kappa shape index (κ2) is 15.5. The Bertz CT molecular complexity index is 2480. The van der Waals surface area contributed by atoms with Gasteiger partial charge in [0, 0.05) is 69.9 Å². The minimum atomic E-state index is -0.989. The third kappa shape index (κ3) is 7.09. The third-order valence-corrected chi connectivity index (χ3v) is 13.3. The summed E-state index contributed by atoms with van der Waals surface area (Å²) >= 11 is 0. The van der Waals surface area contributed by atoms with Crippen LogP contribution >= 0.6 is 0 Å². The number of imide groups is 2. The Labute approximate surface area is 347 Å². The molecule has 5 aliphatic rings. The molecular formula is C44H50N10O6. The van der Waals surface area contributed by atoms with Crippen molar-refractivity contribution < 1.29 is 24.0 Å². The number of anilines is 4. The lowest BCUT2D eigenvalue weighted by atomic mass is 9.79. The first-order valence-corrected chi connectivity index (χ1v) is 21.1. The molecule has 4 aliphatic heterocycles. The molecule has 3 aromatic heterocycles. The van der Waals surface area contributed by atoms with Crippen molar-refractivity contribution in [3.63, 3.8) is 0 Å². The van der Waals surface area contributed by atoms with Crippen molar-refractivity contribution in [3.05, 3.63) is 75.3 Å². The summed E-state index contributed by atoms with van der Waals surface area (Å²) in [4.78, 5) is 99.6. The summed E-state index contributed by atoms with van der Waals surface area (Å²) in [6.45, 7) is 11.5. The highest BCUT2D eigenvalue weighted by molar-refractivity contribution is 6.25. The Morgan fingerprint density at radius 1 is 0.883 bits per heavy atom. The van der Waals surface area contributed by atoms with Gasteiger partial charge in [-0.2, -0.15) is 4.98 Å². The highest BCUT2D eigenvalue weighted by Crippen LogP contribution is 2.39. The van der Waals surface area contributed by atoms with Crippen molar-refractivity contribution in [1.29, 1.82) is 0 Å². The summed E-state index contributed by atoms with van der Waals surface area (Å²) in [5.74, 6) is -1.28. The van der Waals surface area contributed by atoms with E-state index in [1.807, 2.05) is 24.4 Å². The van der Waals surface area contributed by atoms with E-state index in [0.717, 1.165) is 101 Å². The number of nitrogens with one attached hydrogen (secondary N) is 2. The number of carbonyl (C=O) groups is 5. The number of carbonyl (C=O) groups excluding carboxylic acids is 5. The molecule has 0 spiro atoms. The highest BCUT2D eigenvalue weighted by Gasteiger charge is 2.46. The minimum absolute atomic E-state index is 0.00101. The van der Waals surface area contributed by atoms with Gasteiger partial charge in [0.2, 0.25) is 17.8 Å². The molecule has 1 aliphatic carbocycles. The number of aromatic nitrogens is 4. The number of piperazine rings is 1. The van der Waals surface area contributed by atoms with Crippen molar-refractivity contribution in [3.8, 4) is 0 Å². The fourth-order valence-corrected chi connectivity index (χ4v) is 9.98. The Balaban J connectivity index is 0.803. The van der Waals surface area contributed by atoms with E-state index >= 15 is 0 Å². The second-order valence-electron chi connectivity index (χ2n) is 17.3. The smallest absolute Gasteiger partial charge is 0.264 e. The Kier molecular flexibility index (Phi) is 10.2. The van der Waals surface area contributed by atoms with Crippen LogP contribution in [0.5, 0.6) is 0 Å². The molecule has 0 bridgehead atoms. The molecule has 2 N–H and O–H groups in total. The van der Waals surface area contributed by atoms with E-state index in [2.05, 4.69) is 42.2 Å². The summed E-state index contributed by atoms with van der Waals surface area (Å²) in [6, 6.07) is 8.30. The molecule has 16 nitrogen and oxygen atoms in total. The van der Waals surface area contributed by atoms with E-state index in [0.29, 0.717) is 39.5 Å². The fraction of sp³-hybridized carbons (Fsp3) is 0.477. The lowest BCUT2D eigenvalue weighted by Crippen LogP contribution is -2.54. The van der Waals surface area contributed by atoms with E-state index in [9.17, 15) is 28.8 Å². The molecule has 1 aromatic carbocycles. The number of pyridine rings is 2. The topological polar surface area (TPSA) is 183 Å². The predicted molar refractivity (Wildman–Crippen MR) is 225 cm³/mol. The van der Waals surface area contributed by atoms with Gasteiger partial charge < -0.3 is 15.1 Å². The Hall–Kier alpha value is -6.03. The number of piperidine rings is 2. The largest absolute Gasteiger partial charge is 0.371 e. The van der Waals surface area contributed by atoms with Crippen LogP contribution in [0.25, 0.3) is 11.0 Å². The summed E-state index contributed by atoms with van der Waals surface area (Å²) < 4.78 is 1.71. The van der Waals surface area contributed by atoms with Crippen molar-refractivity contribution in [1.82, 2.24) is 34.6 Å². The van der Waals surface area contributed by atoms with Crippen LogP contribution in [0.15, 0.2) is 47.5 Å². The molecule has 0 radical (unpaired) electrons. The van der Waals surface area contributed by atoms with Gasteiger partial charge in [-0.3, -0.25) is 48.5 Å². The number of Topliss-reactive ketones (excluding diaryl/α,β-unsaturated/α-hetero) is 1. The lowest BCUT2D eigenvalue weighted by molar-refractivity contribution is -0.136. The zero-order valence-corrected chi connectivity index (χ0v) is 34.3. The summed E-state index contributed by atoms with van der Waals surface area (Å²) in [6.07, 6.45) is 9.43. The van der Waals surface area contributed by atoms with E-state index in [-0.39, 0.29) is 41.2 Å². The third-order valence-electron chi connectivity index (χ3n) is 13.3. The molecule has 4 amide bonds. The summed E-state index contributed by atoms with van der Waals surface area (Å²) in [5.41, 5.74) is 3.56. The van der Waals surface area contributed by atoms with E-state index < -0.39 is 29.7 Å². The molecule has 16 heteroatoms. The summed E-state index contributed by atoms with van der Waals surface area (Å²) in [7, 11) is 0. The van der Waals surface area contributed by atoms with Crippen LogP contribution in [-0.2, 0) is 9.59 Å². The normalized spacial score (nSPS) is 21.2. The molecular weight excluding hydrogens is 765 g/mol. The maximum atomic E-state index is 13.7. The first-order chi connectivity index (χ1) is 28.9. The van der Waals surface area contributed by atoms with E-state index in [1.165, 1.54) is 6.92 Å². The number of ketones is 1. The van der Waals surface area contributed by atoms with Crippen LogP contribution in [0.3, 0.4) is 0 Å². The minimum Gasteiger partial charge on any atom is -0.371 e. The molecule has 7 heterocycles. The Morgan fingerprint density at radius 3 is 2.32 bits per heavy atom. The van der Waals surface area contributed by atoms with Crippen LogP contribution in [-0.4, -0.2) is 111 Å². The van der Waals surface area contributed by atoms with E-state index in [1.54, 1.807) is 29.8 Å². The highest BCUT2D eigenvalue weighted by atomic mass is 16.2. The fourth-order valence-electron chi connectivity index (χ4n) is 9.98. The van der Waals surface area contributed by atoms with Crippen molar-refractivity contribution in [2.24, 2.45) is 5.41 Å². The Morgan fingerprint density at radius 2 is 1.63 bits per heavy atom. The predicted octanol–water partition coefficient (Wildman–Crippen LogP) is 4.39. The molecule has 1 atom stereocenters. The number of hydrogen-bond acceptors (Lipinski definition) is 13. The van der Waals surface area contributed by atoms with Gasteiger partial charge in [0.15, 0.2) is 5.78 Å². The maximum absolute atomic E-state index is 13.7. The number of fused-ring (bicyclic) bond motifs is 2.